The first-order valence-corrected chi connectivity index (χ1v) is 11.9. The predicted molar refractivity (Wildman–Crippen MR) is 141 cm³/mol. The van der Waals surface area contributed by atoms with Crippen LogP contribution >= 0.6 is 0 Å². The highest BCUT2D eigenvalue weighted by Gasteiger charge is 2.13. The molecule has 182 valence electrons. The Morgan fingerprint density at radius 3 is 2.47 bits per heavy atom. The third kappa shape index (κ3) is 4.98. The molecule has 36 heavy (non-hydrogen) atoms. The van der Waals surface area contributed by atoms with Gasteiger partial charge in [-0.25, -0.2) is 9.97 Å². The zero-order valence-electron chi connectivity index (χ0n) is 20.7. The fourth-order valence-electron chi connectivity index (χ4n) is 4.32. The molecule has 5 aromatic rings. The third-order valence-corrected chi connectivity index (χ3v) is 6.38. The summed E-state index contributed by atoms with van der Waals surface area (Å²) in [6.07, 6.45) is 7.40. The van der Waals surface area contributed by atoms with Crippen molar-refractivity contribution < 1.29 is 4.79 Å². The highest BCUT2D eigenvalue weighted by molar-refractivity contribution is 5.93. The van der Waals surface area contributed by atoms with Gasteiger partial charge in [0.15, 0.2) is 0 Å². The number of amides is 1. The number of hydrogen-bond acceptors (Lipinski definition) is 5. The summed E-state index contributed by atoms with van der Waals surface area (Å²) in [5, 5.41) is 9.27. The lowest BCUT2D eigenvalue weighted by atomic mass is 10.0. The van der Waals surface area contributed by atoms with E-state index in [1.165, 1.54) is 5.56 Å². The number of nitrogens with two attached hydrogens (primary N) is 1. The number of pyridine rings is 1. The highest BCUT2D eigenvalue weighted by atomic mass is 16.1. The van der Waals surface area contributed by atoms with Crippen LogP contribution in [0.4, 0.5) is 5.82 Å². The summed E-state index contributed by atoms with van der Waals surface area (Å²) in [5.74, 6) is 1.10. The van der Waals surface area contributed by atoms with E-state index in [4.69, 9.17) is 5.73 Å². The van der Waals surface area contributed by atoms with Crippen LogP contribution in [0.25, 0.3) is 10.8 Å². The molecular formula is C28H29N7O. The summed E-state index contributed by atoms with van der Waals surface area (Å²) in [6, 6.07) is 14.4. The zero-order chi connectivity index (χ0) is 25.2. The zero-order valence-corrected chi connectivity index (χ0v) is 20.7. The molecule has 0 fully saturated rings. The number of aryl methyl sites for hydroxylation is 3. The Labute approximate surface area is 209 Å². The molecule has 3 N–H and O–H groups in total. The molecule has 0 saturated carbocycles. The average molecular weight is 480 g/mol. The minimum atomic E-state index is -0.199. The SMILES string of the molecule is Cc1cnn(Cc2ccc(Cn3cc(C(=O)NCc4cc5ccnc(N)c5cc4C)nc3C)cc2)c1. The number of imidazole rings is 1. The number of nitrogens with one attached hydrogen (secondary N) is 1. The molecule has 1 amide bonds. The Hall–Kier alpha value is -4.46. The Kier molecular flexibility index (Phi) is 6.25. The molecule has 8 nitrogen and oxygen atoms in total. The van der Waals surface area contributed by atoms with Gasteiger partial charge in [0.1, 0.15) is 17.3 Å². The first kappa shape index (κ1) is 23.3. The van der Waals surface area contributed by atoms with Gasteiger partial charge in [0.25, 0.3) is 5.91 Å². The van der Waals surface area contributed by atoms with Crippen molar-refractivity contribution in [3.8, 4) is 0 Å². The van der Waals surface area contributed by atoms with Crippen molar-refractivity contribution in [3.63, 3.8) is 0 Å². The van der Waals surface area contributed by atoms with Gasteiger partial charge < -0.3 is 15.6 Å². The van der Waals surface area contributed by atoms with Crippen molar-refractivity contribution >= 4 is 22.5 Å². The van der Waals surface area contributed by atoms with E-state index >= 15 is 0 Å². The van der Waals surface area contributed by atoms with E-state index in [2.05, 4.69) is 44.6 Å². The van der Waals surface area contributed by atoms with Crippen LogP contribution in [0.2, 0.25) is 0 Å². The molecule has 0 aliphatic heterocycles. The van der Waals surface area contributed by atoms with Gasteiger partial charge >= 0.3 is 0 Å². The maximum absolute atomic E-state index is 12.9. The lowest BCUT2D eigenvalue weighted by molar-refractivity contribution is 0.0946. The molecule has 0 saturated heterocycles. The molecule has 3 heterocycles. The standard InChI is InChI=1S/C28H29N7O/c1-18-12-32-35(14-18)16-22-6-4-21(5-7-22)15-34-17-26(33-20(34)3)28(36)31-13-24-11-23-8-9-30-27(29)25(23)10-19(24)2/h4-12,14,17H,13,15-16H2,1-3H3,(H2,29,30)(H,31,36). The molecule has 0 radical (unpaired) electrons. The summed E-state index contributed by atoms with van der Waals surface area (Å²) in [5.41, 5.74) is 12.0. The van der Waals surface area contributed by atoms with Crippen molar-refractivity contribution in [2.75, 3.05) is 5.73 Å². The van der Waals surface area contributed by atoms with Gasteiger partial charge in [-0.3, -0.25) is 9.48 Å². The van der Waals surface area contributed by atoms with Gasteiger partial charge in [-0.15, -0.1) is 0 Å². The molecule has 0 atom stereocenters. The highest BCUT2D eigenvalue weighted by Crippen LogP contribution is 2.23. The smallest absolute Gasteiger partial charge is 0.271 e. The van der Waals surface area contributed by atoms with Crippen LogP contribution in [0.5, 0.6) is 0 Å². The van der Waals surface area contributed by atoms with Crippen molar-refractivity contribution in [1.29, 1.82) is 0 Å². The summed E-state index contributed by atoms with van der Waals surface area (Å²) in [7, 11) is 0. The second-order valence-electron chi connectivity index (χ2n) is 9.21. The molecule has 3 aromatic heterocycles. The largest absolute Gasteiger partial charge is 0.383 e. The summed E-state index contributed by atoms with van der Waals surface area (Å²) in [4.78, 5) is 21.5. The van der Waals surface area contributed by atoms with Crippen molar-refractivity contribution in [1.82, 2.24) is 29.6 Å². The molecule has 0 aliphatic rings. The maximum Gasteiger partial charge on any atom is 0.271 e. The molecule has 0 unspecified atom stereocenters. The van der Waals surface area contributed by atoms with Crippen LogP contribution in [0.1, 0.15) is 44.1 Å². The summed E-state index contributed by atoms with van der Waals surface area (Å²) < 4.78 is 3.93. The lowest BCUT2D eigenvalue weighted by Crippen LogP contribution is -2.23. The molecule has 8 heteroatoms. The minimum absolute atomic E-state index is 0.199. The number of benzene rings is 2. The van der Waals surface area contributed by atoms with Crippen LogP contribution < -0.4 is 11.1 Å². The van der Waals surface area contributed by atoms with E-state index in [0.29, 0.717) is 24.6 Å². The van der Waals surface area contributed by atoms with E-state index in [0.717, 1.165) is 45.4 Å². The van der Waals surface area contributed by atoms with E-state index in [1.807, 2.05) is 66.8 Å². The Bertz CT molecular complexity index is 1550. The number of carbonyl (C=O) groups excluding carboxylic acids is 1. The Morgan fingerprint density at radius 2 is 1.75 bits per heavy atom. The van der Waals surface area contributed by atoms with Crippen molar-refractivity contribution in [3.05, 3.63) is 107 Å². The van der Waals surface area contributed by atoms with E-state index < -0.39 is 0 Å². The van der Waals surface area contributed by atoms with Gasteiger partial charge in [0.2, 0.25) is 0 Å². The van der Waals surface area contributed by atoms with Gasteiger partial charge in [-0.05, 0) is 72.2 Å². The van der Waals surface area contributed by atoms with E-state index in [-0.39, 0.29) is 5.91 Å². The fraction of sp³-hybridized carbons (Fsp3) is 0.214. The first-order valence-electron chi connectivity index (χ1n) is 11.9. The molecule has 0 spiro atoms. The van der Waals surface area contributed by atoms with Crippen LogP contribution in [0.15, 0.2) is 67.3 Å². The van der Waals surface area contributed by atoms with Crippen LogP contribution in [0, 0.1) is 20.8 Å². The van der Waals surface area contributed by atoms with Crippen LogP contribution in [-0.4, -0.2) is 30.2 Å². The number of fused-ring (bicyclic) bond motifs is 1. The molecular weight excluding hydrogens is 450 g/mol. The second-order valence-corrected chi connectivity index (χ2v) is 9.21. The number of rotatable bonds is 7. The second kappa shape index (κ2) is 9.65. The van der Waals surface area contributed by atoms with Gasteiger partial charge in [0, 0.05) is 37.1 Å². The topological polar surface area (TPSA) is 104 Å². The summed E-state index contributed by atoms with van der Waals surface area (Å²) in [6.45, 7) is 7.75. The minimum Gasteiger partial charge on any atom is -0.383 e. The number of aromatic nitrogens is 5. The first-order chi connectivity index (χ1) is 17.4. The Morgan fingerprint density at radius 1 is 1.00 bits per heavy atom. The summed E-state index contributed by atoms with van der Waals surface area (Å²) >= 11 is 0. The Balaban J connectivity index is 1.23. The number of hydrogen-bond donors (Lipinski definition) is 2. The van der Waals surface area contributed by atoms with Gasteiger partial charge in [-0.1, -0.05) is 24.3 Å². The lowest BCUT2D eigenvalue weighted by Gasteiger charge is -2.10. The van der Waals surface area contributed by atoms with E-state index in [1.54, 1.807) is 6.20 Å². The van der Waals surface area contributed by atoms with Crippen LogP contribution in [0.3, 0.4) is 0 Å². The van der Waals surface area contributed by atoms with Gasteiger partial charge in [0.05, 0.1) is 12.7 Å². The predicted octanol–water partition coefficient (Wildman–Crippen LogP) is 4.16. The normalized spacial score (nSPS) is 11.2. The molecule has 0 bridgehead atoms. The monoisotopic (exact) mass is 479 g/mol. The number of carbonyl (C=O) groups is 1. The quantitative estimate of drug-likeness (QED) is 0.365. The maximum atomic E-state index is 12.9. The molecule has 0 aliphatic carbocycles. The molecule has 2 aromatic carbocycles. The van der Waals surface area contributed by atoms with Crippen molar-refractivity contribution in [2.45, 2.75) is 40.4 Å². The molecule has 5 rings (SSSR count). The number of nitrogens with zero attached hydrogens (tertiary/aromatic N) is 5. The number of anilines is 1. The van der Waals surface area contributed by atoms with Crippen LogP contribution in [-0.2, 0) is 19.6 Å². The van der Waals surface area contributed by atoms with E-state index in [9.17, 15) is 4.79 Å². The number of nitrogen functional groups attached to an aromatic ring is 1. The fourth-order valence-corrected chi connectivity index (χ4v) is 4.32. The van der Waals surface area contributed by atoms with Gasteiger partial charge in [-0.2, -0.15) is 5.10 Å². The third-order valence-electron chi connectivity index (χ3n) is 6.38. The average Bonchev–Trinajstić information content (AvgIpc) is 3.44. The van der Waals surface area contributed by atoms with Crippen molar-refractivity contribution in [2.24, 2.45) is 0 Å².